The van der Waals surface area contributed by atoms with Crippen LogP contribution < -0.4 is 11.4 Å². The van der Waals surface area contributed by atoms with Gasteiger partial charge in [0.15, 0.2) is 0 Å². The number of nitrogens with one attached hydrogen (secondary N) is 1. The Morgan fingerprint density at radius 2 is 1.00 bits per heavy atom. The first-order valence-corrected chi connectivity index (χ1v) is 20.2. The molecule has 0 heterocycles. The van der Waals surface area contributed by atoms with Crippen LogP contribution in [0, 0.1) is 0 Å². The molecule has 0 unspecified atom stereocenters. The second kappa shape index (κ2) is 33.4. The SMILES string of the molecule is BrCCCc1ccccc1.CCN(C(C)C)C(C)C.CI.NOCc1ccccc1.c1ccc(CCCNOCc2ccccc2)cc1. The molecular formula is C41H61BrIN3O2. The predicted octanol–water partition coefficient (Wildman–Crippen LogP) is 10.6. The maximum atomic E-state index is 5.41. The lowest BCUT2D eigenvalue weighted by Crippen LogP contribution is -2.36. The molecule has 0 atom stereocenters. The monoisotopic (exact) mass is 833 g/mol. The normalized spacial score (nSPS) is 10.1. The van der Waals surface area contributed by atoms with Crippen molar-refractivity contribution in [1.82, 2.24) is 10.4 Å². The van der Waals surface area contributed by atoms with E-state index in [1.54, 1.807) is 0 Å². The minimum Gasteiger partial charge on any atom is -0.300 e. The Balaban J connectivity index is 0.000000636. The van der Waals surface area contributed by atoms with Crippen molar-refractivity contribution < 1.29 is 9.68 Å². The van der Waals surface area contributed by atoms with Crippen molar-refractivity contribution in [3.8, 4) is 0 Å². The van der Waals surface area contributed by atoms with E-state index in [-0.39, 0.29) is 0 Å². The molecule has 4 aromatic rings. The molecule has 4 rings (SSSR count). The van der Waals surface area contributed by atoms with Crippen molar-refractivity contribution in [2.24, 2.45) is 5.90 Å². The molecule has 266 valence electrons. The zero-order valence-electron chi connectivity index (χ0n) is 30.2. The number of nitrogens with zero attached hydrogens (tertiary/aromatic N) is 1. The molecule has 0 aliphatic carbocycles. The average Bonchev–Trinajstić information content (AvgIpc) is 3.12. The van der Waals surface area contributed by atoms with Crippen LogP contribution in [-0.2, 0) is 35.7 Å². The molecule has 0 aromatic heterocycles. The van der Waals surface area contributed by atoms with Crippen LogP contribution in [-0.4, -0.2) is 40.3 Å². The van der Waals surface area contributed by atoms with E-state index in [1.807, 2.05) is 59.5 Å². The second-order valence-electron chi connectivity index (χ2n) is 11.4. The molecule has 3 N–H and O–H groups in total. The van der Waals surface area contributed by atoms with Crippen molar-refractivity contribution in [2.45, 2.75) is 85.6 Å². The lowest BCUT2D eigenvalue weighted by Gasteiger charge is -2.28. The van der Waals surface area contributed by atoms with Crippen LogP contribution in [0.15, 0.2) is 121 Å². The van der Waals surface area contributed by atoms with Crippen molar-refractivity contribution in [3.63, 3.8) is 0 Å². The summed E-state index contributed by atoms with van der Waals surface area (Å²) in [4.78, 5) is 14.3. The first kappa shape index (κ1) is 45.9. The zero-order valence-corrected chi connectivity index (χ0v) is 33.9. The van der Waals surface area contributed by atoms with Gasteiger partial charge in [0.05, 0.1) is 13.2 Å². The number of benzene rings is 4. The summed E-state index contributed by atoms with van der Waals surface area (Å²) >= 11 is 5.56. The molecule has 0 radical (unpaired) electrons. The number of hydrogen-bond donors (Lipinski definition) is 2. The Kier molecular flexibility index (Phi) is 31.9. The van der Waals surface area contributed by atoms with E-state index in [9.17, 15) is 0 Å². The van der Waals surface area contributed by atoms with Gasteiger partial charge in [0.25, 0.3) is 0 Å². The summed E-state index contributed by atoms with van der Waals surface area (Å²) in [5.41, 5.74) is 8.10. The molecule has 0 bridgehead atoms. The Labute approximate surface area is 315 Å². The number of nitrogens with two attached hydrogens (primary N) is 1. The van der Waals surface area contributed by atoms with Crippen LogP contribution in [0.25, 0.3) is 0 Å². The van der Waals surface area contributed by atoms with Crippen molar-refractivity contribution in [1.29, 1.82) is 0 Å². The Hall–Kier alpha value is -2.11. The largest absolute Gasteiger partial charge is 0.300 e. The molecule has 48 heavy (non-hydrogen) atoms. The van der Waals surface area contributed by atoms with Gasteiger partial charge in [-0.1, -0.05) is 167 Å². The molecule has 0 fully saturated rings. The molecule has 0 aliphatic rings. The Bertz CT molecular complexity index is 1140. The van der Waals surface area contributed by atoms with Crippen LogP contribution >= 0.6 is 38.5 Å². The maximum Gasteiger partial charge on any atom is 0.0933 e. The Morgan fingerprint density at radius 1 is 0.625 bits per heavy atom. The summed E-state index contributed by atoms with van der Waals surface area (Å²) in [7, 11) is 0. The highest BCUT2D eigenvalue weighted by atomic mass is 127. The molecule has 0 amide bonds. The van der Waals surface area contributed by atoms with Gasteiger partial charge in [0, 0.05) is 24.0 Å². The van der Waals surface area contributed by atoms with Gasteiger partial charge in [-0.25, -0.2) is 11.4 Å². The number of hydroxylamine groups is 1. The van der Waals surface area contributed by atoms with Gasteiger partial charge in [0.2, 0.25) is 0 Å². The predicted molar refractivity (Wildman–Crippen MR) is 221 cm³/mol. The molecule has 0 saturated heterocycles. The zero-order chi connectivity index (χ0) is 35.7. The minimum absolute atomic E-state index is 0.487. The van der Waals surface area contributed by atoms with Gasteiger partial charge >= 0.3 is 0 Å². The van der Waals surface area contributed by atoms with E-state index in [0.717, 1.165) is 36.8 Å². The van der Waals surface area contributed by atoms with Crippen molar-refractivity contribution >= 4 is 38.5 Å². The van der Waals surface area contributed by atoms with E-state index in [2.05, 4.69) is 155 Å². The van der Waals surface area contributed by atoms with Crippen LogP contribution in [0.4, 0.5) is 0 Å². The molecule has 0 saturated carbocycles. The smallest absolute Gasteiger partial charge is 0.0933 e. The fraction of sp³-hybridized carbons (Fsp3) is 0.415. The third-order valence-corrected chi connectivity index (χ3v) is 7.56. The topological polar surface area (TPSA) is 59.8 Å². The molecule has 0 spiro atoms. The fourth-order valence-corrected chi connectivity index (χ4v) is 4.98. The summed E-state index contributed by atoms with van der Waals surface area (Å²) in [6.45, 7) is 14.3. The van der Waals surface area contributed by atoms with E-state index >= 15 is 0 Å². The summed E-state index contributed by atoms with van der Waals surface area (Å²) in [6.07, 6.45) is 4.58. The standard InChI is InChI=1S/C16H19NO.C9H11Br.C8H19N.C7H9NO.CH3I/c1-3-8-15(9-4-1)12-7-13-17-18-14-16-10-5-2-6-11-16;10-8-4-7-9-5-2-1-3-6-9;1-6-9(7(2)3)8(4)5;8-9-6-7-4-2-1-3-5-7;1-2/h1-6,8-11,17H,7,12-14H2;1-3,5-6H,4,7-8H2;7-8H,6H2,1-5H3;1-5H,6,8H2;1H3. The van der Waals surface area contributed by atoms with Gasteiger partial charge in [-0.05, 0) is 87.1 Å². The molecule has 7 heteroatoms. The third kappa shape index (κ3) is 25.8. The lowest BCUT2D eigenvalue weighted by molar-refractivity contribution is 0.0276. The lowest BCUT2D eigenvalue weighted by atomic mass is 10.1. The molecule has 5 nitrogen and oxygen atoms in total. The van der Waals surface area contributed by atoms with E-state index in [4.69, 9.17) is 10.7 Å². The van der Waals surface area contributed by atoms with Gasteiger partial charge in [-0.15, -0.1) is 0 Å². The van der Waals surface area contributed by atoms with Gasteiger partial charge in [0.1, 0.15) is 0 Å². The first-order chi connectivity index (χ1) is 23.4. The fourth-order valence-electron chi connectivity index (χ4n) is 4.70. The summed E-state index contributed by atoms with van der Waals surface area (Å²) in [6, 6.07) is 42.4. The molecule has 4 aromatic carbocycles. The van der Waals surface area contributed by atoms with Crippen LogP contribution in [0.1, 0.15) is 69.7 Å². The van der Waals surface area contributed by atoms with Gasteiger partial charge in [-0.3, -0.25) is 14.6 Å². The number of halogens is 2. The van der Waals surface area contributed by atoms with Crippen LogP contribution in [0.3, 0.4) is 0 Å². The van der Waals surface area contributed by atoms with Gasteiger partial charge in [-0.2, -0.15) is 0 Å². The molecular weight excluding hydrogens is 773 g/mol. The van der Waals surface area contributed by atoms with Crippen molar-refractivity contribution in [2.75, 3.05) is 23.4 Å². The van der Waals surface area contributed by atoms with E-state index in [0.29, 0.717) is 25.3 Å². The average molecular weight is 835 g/mol. The third-order valence-electron chi connectivity index (χ3n) is 7.00. The maximum absolute atomic E-state index is 5.41. The van der Waals surface area contributed by atoms with Crippen LogP contribution in [0.2, 0.25) is 0 Å². The van der Waals surface area contributed by atoms with E-state index < -0.39 is 0 Å². The number of alkyl halides is 2. The highest BCUT2D eigenvalue weighted by Crippen LogP contribution is 2.05. The molecule has 0 aliphatic heterocycles. The summed E-state index contributed by atoms with van der Waals surface area (Å²) < 4.78 is 0. The quantitative estimate of drug-likeness (QED) is 0.0541. The minimum atomic E-state index is 0.487. The Morgan fingerprint density at radius 3 is 1.33 bits per heavy atom. The second-order valence-corrected chi connectivity index (χ2v) is 12.1. The first-order valence-electron chi connectivity index (χ1n) is 16.9. The number of hydrogen-bond acceptors (Lipinski definition) is 5. The summed E-state index contributed by atoms with van der Waals surface area (Å²) in [5.74, 6) is 4.86. The van der Waals surface area contributed by atoms with Crippen LogP contribution in [0.5, 0.6) is 0 Å². The van der Waals surface area contributed by atoms with E-state index in [1.165, 1.54) is 29.5 Å². The highest BCUT2D eigenvalue weighted by molar-refractivity contribution is 14.1. The number of rotatable bonds is 15. The number of aryl methyl sites for hydroxylation is 2. The highest BCUT2D eigenvalue weighted by Gasteiger charge is 2.09. The summed E-state index contributed by atoms with van der Waals surface area (Å²) in [5, 5.41) is 1.10. The van der Waals surface area contributed by atoms with Crippen molar-refractivity contribution in [3.05, 3.63) is 144 Å². The van der Waals surface area contributed by atoms with Gasteiger partial charge < -0.3 is 0 Å².